The van der Waals surface area contributed by atoms with Gasteiger partial charge in [-0.15, -0.1) is 11.3 Å². The summed E-state index contributed by atoms with van der Waals surface area (Å²) in [4.78, 5) is 8.62. The maximum Gasteiger partial charge on any atom is 0.188 e. The number of aryl methyl sites for hydroxylation is 2. The molecular formula is C10H10BrN3S. The number of nitrogens with one attached hydrogen (secondary N) is 1. The van der Waals surface area contributed by atoms with Gasteiger partial charge in [0.25, 0.3) is 0 Å². The van der Waals surface area contributed by atoms with Crippen LogP contribution in [0.4, 0.5) is 10.9 Å². The lowest BCUT2D eigenvalue weighted by Crippen LogP contribution is -1.95. The molecule has 2 heterocycles. The van der Waals surface area contributed by atoms with Gasteiger partial charge in [0.1, 0.15) is 5.82 Å². The van der Waals surface area contributed by atoms with E-state index in [0.717, 1.165) is 26.7 Å². The Kier molecular flexibility index (Phi) is 3.02. The standard InChI is InChI=1S/C10H10BrN3S/c1-6-3-8(11)4-12-9(6)14-10-13-7(2)5-15-10/h3-5H,1-2H3,(H,12,13,14). The van der Waals surface area contributed by atoms with E-state index in [0.29, 0.717) is 0 Å². The quantitative estimate of drug-likeness (QED) is 0.914. The molecule has 0 unspecified atom stereocenters. The summed E-state index contributed by atoms with van der Waals surface area (Å²) in [6.45, 7) is 3.99. The summed E-state index contributed by atoms with van der Waals surface area (Å²) in [6.07, 6.45) is 1.77. The zero-order chi connectivity index (χ0) is 10.8. The number of pyridine rings is 1. The summed E-state index contributed by atoms with van der Waals surface area (Å²) in [5.41, 5.74) is 2.12. The van der Waals surface area contributed by atoms with Gasteiger partial charge in [-0.3, -0.25) is 0 Å². The molecule has 78 valence electrons. The van der Waals surface area contributed by atoms with Crippen molar-refractivity contribution in [1.29, 1.82) is 0 Å². The van der Waals surface area contributed by atoms with Crippen LogP contribution in [0.2, 0.25) is 0 Å². The Balaban J connectivity index is 2.24. The van der Waals surface area contributed by atoms with E-state index in [4.69, 9.17) is 0 Å². The van der Waals surface area contributed by atoms with Crippen molar-refractivity contribution in [2.45, 2.75) is 13.8 Å². The Morgan fingerprint density at radius 2 is 2.20 bits per heavy atom. The van der Waals surface area contributed by atoms with Gasteiger partial charge in [-0.1, -0.05) is 0 Å². The van der Waals surface area contributed by atoms with Crippen molar-refractivity contribution in [3.8, 4) is 0 Å². The average Bonchev–Trinajstić information content (AvgIpc) is 2.56. The van der Waals surface area contributed by atoms with Crippen molar-refractivity contribution in [1.82, 2.24) is 9.97 Å². The number of thiazole rings is 1. The Morgan fingerprint density at radius 3 is 2.80 bits per heavy atom. The van der Waals surface area contributed by atoms with Gasteiger partial charge in [0, 0.05) is 16.0 Å². The molecule has 2 rings (SSSR count). The molecule has 0 fully saturated rings. The third-order valence-corrected chi connectivity index (χ3v) is 3.20. The van der Waals surface area contributed by atoms with Gasteiger partial charge in [-0.05, 0) is 41.4 Å². The van der Waals surface area contributed by atoms with E-state index in [1.165, 1.54) is 0 Å². The fourth-order valence-corrected chi connectivity index (χ4v) is 2.32. The molecular weight excluding hydrogens is 274 g/mol. The second-order valence-electron chi connectivity index (χ2n) is 3.24. The summed E-state index contributed by atoms with van der Waals surface area (Å²) < 4.78 is 0.987. The highest BCUT2D eigenvalue weighted by atomic mass is 79.9. The summed E-state index contributed by atoms with van der Waals surface area (Å²) in [6, 6.07) is 2.02. The zero-order valence-corrected chi connectivity index (χ0v) is 10.8. The highest BCUT2D eigenvalue weighted by Gasteiger charge is 2.03. The number of aromatic nitrogens is 2. The summed E-state index contributed by atoms with van der Waals surface area (Å²) in [5, 5.41) is 6.09. The number of hydrogen-bond donors (Lipinski definition) is 1. The maximum absolute atomic E-state index is 4.33. The molecule has 0 aromatic carbocycles. The molecule has 0 aliphatic carbocycles. The van der Waals surface area contributed by atoms with Gasteiger partial charge < -0.3 is 5.32 Å². The molecule has 0 radical (unpaired) electrons. The van der Waals surface area contributed by atoms with E-state index in [9.17, 15) is 0 Å². The fourth-order valence-electron chi connectivity index (χ4n) is 1.18. The lowest BCUT2D eigenvalue weighted by atomic mass is 10.3. The van der Waals surface area contributed by atoms with Crippen molar-refractivity contribution >= 4 is 38.2 Å². The van der Waals surface area contributed by atoms with Gasteiger partial charge in [0.15, 0.2) is 5.13 Å². The largest absolute Gasteiger partial charge is 0.316 e. The number of nitrogens with zero attached hydrogens (tertiary/aromatic N) is 2. The molecule has 2 aromatic heterocycles. The van der Waals surface area contributed by atoms with Crippen LogP contribution in [0.15, 0.2) is 22.1 Å². The second kappa shape index (κ2) is 4.28. The summed E-state index contributed by atoms with van der Waals surface area (Å²) >= 11 is 4.97. The molecule has 3 nitrogen and oxygen atoms in total. The van der Waals surface area contributed by atoms with E-state index in [1.807, 2.05) is 25.3 Å². The number of hydrogen-bond acceptors (Lipinski definition) is 4. The predicted octanol–water partition coefficient (Wildman–Crippen LogP) is 3.66. The Hall–Kier alpha value is -0.940. The number of rotatable bonds is 2. The molecule has 15 heavy (non-hydrogen) atoms. The van der Waals surface area contributed by atoms with E-state index in [1.54, 1.807) is 17.5 Å². The first-order chi connectivity index (χ1) is 7.15. The smallest absolute Gasteiger partial charge is 0.188 e. The average molecular weight is 284 g/mol. The zero-order valence-electron chi connectivity index (χ0n) is 8.41. The van der Waals surface area contributed by atoms with Crippen LogP contribution in [-0.4, -0.2) is 9.97 Å². The minimum absolute atomic E-state index is 0.854. The van der Waals surface area contributed by atoms with Gasteiger partial charge in [0.05, 0.1) is 5.69 Å². The molecule has 0 saturated heterocycles. The minimum atomic E-state index is 0.854. The van der Waals surface area contributed by atoms with Gasteiger partial charge >= 0.3 is 0 Å². The first-order valence-corrected chi connectivity index (χ1v) is 6.14. The van der Waals surface area contributed by atoms with Gasteiger partial charge in [-0.2, -0.15) is 0 Å². The van der Waals surface area contributed by atoms with Crippen LogP contribution in [0.25, 0.3) is 0 Å². The molecule has 0 amide bonds. The SMILES string of the molecule is Cc1csc(Nc2ncc(Br)cc2C)n1. The van der Waals surface area contributed by atoms with Crippen LogP contribution in [0.3, 0.4) is 0 Å². The molecule has 2 aromatic rings. The Labute approximate surface area is 101 Å². The van der Waals surface area contributed by atoms with Crippen molar-refractivity contribution in [3.63, 3.8) is 0 Å². The van der Waals surface area contributed by atoms with Crippen LogP contribution in [0.5, 0.6) is 0 Å². The van der Waals surface area contributed by atoms with E-state index in [2.05, 4.69) is 31.2 Å². The van der Waals surface area contributed by atoms with Crippen molar-refractivity contribution in [3.05, 3.63) is 33.4 Å². The van der Waals surface area contributed by atoms with Crippen LogP contribution < -0.4 is 5.32 Å². The van der Waals surface area contributed by atoms with Gasteiger partial charge in [0.2, 0.25) is 0 Å². The normalized spacial score (nSPS) is 10.3. The van der Waals surface area contributed by atoms with Crippen molar-refractivity contribution < 1.29 is 0 Å². The lowest BCUT2D eigenvalue weighted by Gasteiger charge is -2.05. The third-order valence-electron chi connectivity index (χ3n) is 1.89. The first-order valence-electron chi connectivity index (χ1n) is 4.46. The van der Waals surface area contributed by atoms with Gasteiger partial charge in [-0.25, -0.2) is 9.97 Å². The number of halogens is 1. The Bertz CT molecular complexity index is 481. The van der Waals surface area contributed by atoms with Crippen molar-refractivity contribution in [2.75, 3.05) is 5.32 Å². The molecule has 1 N–H and O–H groups in total. The highest BCUT2D eigenvalue weighted by Crippen LogP contribution is 2.23. The Morgan fingerprint density at radius 1 is 1.40 bits per heavy atom. The molecule has 0 atom stereocenters. The molecule has 0 aliphatic heterocycles. The monoisotopic (exact) mass is 283 g/mol. The predicted molar refractivity (Wildman–Crippen MR) is 66.8 cm³/mol. The highest BCUT2D eigenvalue weighted by molar-refractivity contribution is 9.10. The fraction of sp³-hybridized carbons (Fsp3) is 0.200. The topological polar surface area (TPSA) is 37.8 Å². The third kappa shape index (κ3) is 2.54. The van der Waals surface area contributed by atoms with Crippen LogP contribution in [0, 0.1) is 13.8 Å². The first kappa shape index (κ1) is 10.6. The van der Waals surface area contributed by atoms with Crippen LogP contribution >= 0.6 is 27.3 Å². The number of anilines is 2. The van der Waals surface area contributed by atoms with Crippen molar-refractivity contribution in [2.24, 2.45) is 0 Å². The summed E-state index contributed by atoms with van der Waals surface area (Å²) in [7, 11) is 0. The minimum Gasteiger partial charge on any atom is -0.316 e. The van der Waals surface area contributed by atoms with Crippen LogP contribution in [-0.2, 0) is 0 Å². The summed E-state index contributed by atoms with van der Waals surface area (Å²) in [5.74, 6) is 0.854. The van der Waals surface area contributed by atoms with Crippen LogP contribution in [0.1, 0.15) is 11.3 Å². The molecule has 0 spiro atoms. The molecule has 0 saturated carbocycles. The maximum atomic E-state index is 4.33. The van der Waals surface area contributed by atoms with E-state index in [-0.39, 0.29) is 0 Å². The molecule has 0 bridgehead atoms. The lowest BCUT2D eigenvalue weighted by molar-refractivity contribution is 1.21. The van der Waals surface area contributed by atoms with E-state index < -0.39 is 0 Å². The molecule has 5 heteroatoms. The molecule has 0 aliphatic rings. The second-order valence-corrected chi connectivity index (χ2v) is 5.01. The van der Waals surface area contributed by atoms with E-state index >= 15 is 0 Å².